The monoisotopic (exact) mass is 578 g/mol. The average molecular weight is 579 g/mol. The lowest BCUT2D eigenvalue weighted by atomic mass is 10.0. The summed E-state index contributed by atoms with van der Waals surface area (Å²) in [5, 5.41) is 19.3. The van der Waals surface area contributed by atoms with Gasteiger partial charge in [0.25, 0.3) is 0 Å². The predicted octanol–water partition coefficient (Wildman–Crippen LogP) is 6.04. The van der Waals surface area contributed by atoms with E-state index in [-0.39, 0.29) is 11.9 Å². The van der Waals surface area contributed by atoms with Crippen molar-refractivity contribution < 1.29 is 14.1 Å². The van der Waals surface area contributed by atoms with Gasteiger partial charge < -0.3 is 14.2 Å². The number of hydrogen-bond acceptors (Lipinski definition) is 8. The number of tetrazole rings is 1. The molecule has 0 spiro atoms. The Morgan fingerprint density at radius 2 is 1.90 bits per heavy atom. The molecule has 1 aliphatic heterocycles. The topological polar surface area (TPSA) is 110 Å². The van der Waals surface area contributed by atoms with E-state index in [1.807, 2.05) is 30.3 Å². The van der Waals surface area contributed by atoms with Crippen molar-refractivity contribution in [3.05, 3.63) is 75.2 Å². The largest absolute Gasteiger partial charge is 0.373 e. The molecule has 4 aromatic rings. The van der Waals surface area contributed by atoms with Crippen molar-refractivity contribution in [2.75, 3.05) is 11.4 Å². The van der Waals surface area contributed by atoms with Crippen LogP contribution in [0.25, 0.3) is 11.3 Å². The molecule has 0 amide bonds. The quantitative estimate of drug-likeness (QED) is 0.227. The summed E-state index contributed by atoms with van der Waals surface area (Å²) < 4.78 is 12.4. The van der Waals surface area contributed by atoms with Gasteiger partial charge in [0.15, 0.2) is 11.6 Å². The van der Waals surface area contributed by atoms with Gasteiger partial charge in [-0.15, -0.1) is 10.2 Å². The second-order valence-corrected chi connectivity index (χ2v) is 11.7. The highest BCUT2D eigenvalue weighted by atomic mass is 35.5. The lowest BCUT2D eigenvalue weighted by Gasteiger charge is -2.33. The van der Waals surface area contributed by atoms with E-state index in [2.05, 4.69) is 42.8 Å². The summed E-state index contributed by atoms with van der Waals surface area (Å²) in [6.45, 7) is 1.36. The van der Waals surface area contributed by atoms with Gasteiger partial charge in [-0.3, -0.25) is 4.79 Å². The smallest absolute Gasteiger partial charge is 0.175 e. The van der Waals surface area contributed by atoms with E-state index >= 15 is 0 Å². The van der Waals surface area contributed by atoms with Crippen LogP contribution in [0.2, 0.25) is 10.0 Å². The van der Waals surface area contributed by atoms with E-state index in [4.69, 9.17) is 32.5 Å². The van der Waals surface area contributed by atoms with Gasteiger partial charge >= 0.3 is 0 Å². The number of anilines is 1. The van der Waals surface area contributed by atoms with Crippen LogP contribution in [0.4, 0.5) is 5.69 Å². The van der Waals surface area contributed by atoms with Crippen LogP contribution in [0.5, 0.6) is 0 Å². The molecule has 7 rings (SSSR count). The summed E-state index contributed by atoms with van der Waals surface area (Å²) in [5.74, 6) is 2.36. The average Bonchev–Trinajstić information content (AvgIpc) is 3.33. The number of rotatable bonds is 10. The molecule has 1 N–H and O–H groups in total. The maximum atomic E-state index is 12.6. The van der Waals surface area contributed by atoms with Gasteiger partial charge in [0.2, 0.25) is 0 Å². The molecule has 2 aromatic carbocycles. The van der Waals surface area contributed by atoms with E-state index in [1.54, 1.807) is 0 Å². The zero-order valence-electron chi connectivity index (χ0n) is 21.7. The molecule has 206 valence electrons. The first-order valence-corrected chi connectivity index (χ1v) is 14.5. The number of piperidine rings is 1. The van der Waals surface area contributed by atoms with E-state index < -0.39 is 0 Å². The van der Waals surface area contributed by atoms with Crippen LogP contribution in [-0.4, -0.2) is 50.3 Å². The van der Waals surface area contributed by atoms with Crippen LogP contribution in [0.15, 0.2) is 47.0 Å². The minimum Gasteiger partial charge on any atom is -0.373 e. The van der Waals surface area contributed by atoms with Crippen LogP contribution >= 0.6 is 23.2 Å². The lowest BCUT2D eigenvalue weighted by Crippen LogP contribution is -2.38. The van der Waals surface area contributed by atoms with Gasteiger partial charge in [0.1, 0.15) is 11.5 Å². The molecule has 1 saturated heterocycles. The van der Waals surface area contributed by atoms with Crippen LogP contribution < -0.4 is 4.90 Å². The predicted molar refractivity (Wildman–Crippen MR) is 150 cm³/mol. The van der Waals surface area contributed by atoms with E-state index in [0.29, 0.717) is 70.0 Å². The first kappa shape index (κ1) is 25.7. The number of aryl methyl sites for hydroxylation is 1. The van der Waals surface area contributed by atoms with Gasteiger partial charge in [-0.1, -0.05) is 39.6 Å². The third-order valence-corrected chi connectivity index (χ3v) is 9.00. The van der Waals surface area contributed by atoms with E-state index in [9.17, 15) is 4.79 Å². The molecule has 3 fully saturated rings. The number of benzene rings is 2. The summed E-state index contributed by atoms with van der Waals surface area (Å²) in [7, 11) is 0. The molecule has 11 heteroatoms. The minimum atomic E-state index is 0.0736. The number of ketones is 1. The van der Waals surface area contributed by atoms with Gasteiger partial charge in [-0.05, 0) is 62.1 Å². The number of nitrogens with zero attached hydrogens (tertiary/aromatic N) is 5. The molecule has 0 unspecified atom stereocenters. The van der Waals surface area contributed by atoms with Crippen molar-refractivity contribution in [3.8, 4) is 11.3 Å². The molecule has 2 saturated carbocycles. The second kappa shape index (κ2) is 10.6. The number of carbonyl (C=O) groups is 1. The highest BCUT2D eigenvalue weighted by Crippen LogP contribution is 2.47. The molecule has 2 aromatic heterocycles. The summed E-state index contributed by atoms with van der Waals surface area (Å²) in [4.78, 5) is 15.0. The Kier molecular flexibility index (Phi) is 6.81. The molecule has 40 heavy (non-hydrogen) atoms. The Bertz CT molecular complexity index is 1500. The van der Waals surface area contributed by atoms with Crippen LogP contribution in [-0.2, 0) is 17.8 Å². The lowest BCUT2D eigenvalue weighted by molar-refractivity contribution is 0.0122. The Morgan fingerprint density at radius 3 is 2.58 bits per heavy atom. The Balaban J connectivity index is 0.994. The van der Waals surface area contributed by atoms with Crippen molar-refractivity contribution in [2.24, 2.45) is 5.92 Å². The number of Topliss-reactive ketones (excluding diaryl/α,β-unsaturated/α-hetero) is 1. The minimum absolute atomic E-state index is 0.0736. The molecule has 9 nitrogen and oxygen atoms in total. The Hall–Kier alpha value is -3.27. The number of aromatic amines is 1. The van der Waals surface area contributed by atoms with Gasteiger partial charge in [0, 0.05) is 59.6 Å². The fourth-order valence-electron chi connectivity index (χ4n) is 6.16. The normalized spacial score (nSPS) is 21.9. The first-order chi connectivity index (χ1) is 19.5. The standard InChI is InChI=1S/C29H28Cl2N6O3/c30-22-2-1-3-23(31)27(22)28-21(29(40-34-28)17-4-5-17)15-39-25-13-20-12-18(25)14-37(20)19-8-6-16(7-9-19)24(38)10-11-26-32-35-36-33-26/h1-3,6-9,17-18,20,25H,4-5,10-15H2,(H,32,33,35,36)/t18-,20-,25+/m0/s1. The summed E-state index contributed by atoms with van der Waals surface area (Å²) >= 11 is 13.0. The number of aromatic nitrogens is 5. The van der Waals surface area contributed by atoms with Crippen molar-refractivity contribution in [1.82, 2.24) is 25.8 Å². The summed E-state index contributed by atoms with van der Waals surface area (Å²) in [5.41, 5.74) is 4.21. The maximum Gasteiger partial charge on any atom is 0.175 e. The molecular weight excluding hydrogens is 551 g/mol. The maximum absolute atomic E-state index is 12.6. The number of hydrogen-bond donors (Lipinski definition) is 1. The highest BCUT2D eigenvalue weighted by Gasteiger charge is 2.45. The highest BCUT2D eigenvalue weighted by molar-refractivity contribution is 6.39. The van der Waals surface area contributed by atoms with Crippen molar-refractivity contribution in [1.29, 1.82) is 0 Å². The van der Waals surface area contributed by atoms with Crippen molar-refractivity contribution in [3.63, 3.8) is 0 Å². The Labute approximate surface area is 241 Å². The number of carbonyl (C=O) groups excluding carboxylic acids is 1. The van der Waals surface area contributed by atoms with Crippen molar-refractivity contribution >= 4 is 34.7 Å². The number of halogens is 2. The van der Waals surface area contributed by atoms with Crippen molar-refractivity contribution in [2.45, 2.75) is 63.2 Å². The fraction of sp³-hybridized carbons (Fsp3) is 0.414. The van der Waals surface area contributed by atoms with Crippen LogP contribution in [0.1, 0.15) is 65.5 Å². The number of H-pyrrole nitrogens is 1. The third kappa shape index (κ3) is 4.91. The molecule has 3 atom stereocenters. The van der Waals surface area contributed by atoms with Gasteiger partial charge in [-0.2, -0.15) is 5.21 Å². The third-order valence-electron chi connectivity index (χ3n) is 8.37. The van der Waals surface area contributed by atoms with Gasteiger partial charge in [-0.25, -0.2) is 0 Å². The SMILES string of the molecule is O=C(CCc1nn[nH]n1)c1ccc(N2C[C@@H]3C[C@H]2C[C@H]3OCc2c(-c3c(Cl)cccc3Cl)noc2C2CC2)cc1. The van der Waals surface area contributed by atoms with Crippen LogP contribution in [0, 0.1) is 5.92 Å². The molecule has 3 heterocycles. The van der Waals surface area contributed by atoms with E-state index in [1.165, 1.54) is 0 Å². The molecule has 2 bridgehead atoms. The fourth-order valence-corrected chi connectivity index (χ4v) is 6.74. The second-order valence-electron chi connectivity index (χ2n) is 10.9. The summed E-state index contributed by atoms with van der Waals surface area (Å²) in [6, 6.07) is 13.8. The zero-order chi connectivity index (χ0) is 27.2. The summed E-state index contributed by atoms with van der Waals surface area (Å²) in [6.07, 6.45) is 5.25. The number of ether oxygens (including phenoxy) is 1. The Morgan fingerprint density at radius 1 is 1.10 bits per heavy atom. The van der Waals surface area contributed by atoms with Gasteiger partial charge in [0.05, 0.1) is 22.8 Å². The molecule has 0 radical (unpaired) electrons. The number of nitrogens with one attached hydrogen (secondary N) is 1. The molecular formula is C29H28Cl2N6O3. The first-order valence-electron chi connectivity index (χ1n) is 13.7. The zero-order valence-corrected chi connectivity index (χ0v) is 23.2. The van der Waals surface area contributed by atoms with Crippen LogP contribution in [0.3, 0.4) is 0 Å². The number of fused-ring (bicyclic) bond motifs is 2. The van der Waals surface area contributed by atoms with E-state index in [0.717, 1.165) is 49.2 Å². The molecule has 2 aliphatic carbocycles. The molecule has 3 aliphatic rings.